The molecule has 0 fully saturated rings. The number of benzene rings is 2. The molecule has 5 heteroatoms. The molecule has 0 unspecified atom stereocenters. The van der Waals surface area contributed by atoms with Gasteiger partial charge in [-0.05, 0) is 30.7 Å². The van der Waals surface area contributed by atoms with Crippen LogP contribution < -0.4 is 10.5 Å². The van der Waals surface area contributed by atoms with Gasteiger partial charge < -0.3 is 10.5 Å². The van der Waals surface area contributed by atoms with Crippen LogP contribution in [0.25, 0.3) is 16.7 Å². The average molecular weight is 268 g/mol. The summed E-state index contributed by atoms with van der Waals surface area (Å²) in [5.41, 5.74) is 9.32. The molecule has 3 aromatic rings. The summed E-state index contributed by atoms with van der Waals surface area (Å²) in [5, 5.41) is 8.32. The fourth-order valence-corrected chi connectivity index (χ4v) is 2.10. The summed E-state index contributed by atoms with van der Waals surface area (Å²) in [5.74, 6) is 0.684. The lowest BCUT2D eigenvalue weighted by Gasteiger charge is -2.11. The Morgan fingerprint density at radius 3 is 2.85 bits per heavy atom. The third-order valence-corrected chi connectivity index (χ3v) is 3.08. The van der Waals surface area contributed by atoms with E-state index >= 15 is 0 Å². The van der Waals surface area contributed by atoms with Gasteiger partial charge in [0.25, 0.3) is 0 Å². The predicted octanol–water partition coefficient (Wildman–Crippen LogP) is 2.79. The van der Waals surface area contributed by atoms with E-state index in [1.165, 1.54) is 0 Å². The zero-order valence-corrected chi connectivity index (χ0v) is 11.3. The maximum absolute atomic E-state index is 6.19. The predicted molar refractivity (Wildman–Crippen MR) is 79.1 cm³/mol. The van der Waals surface area contributed by atoms with E-state index in [1.54, 1.807) is 4.68 Å². The molecule has 0 aliphatic heterocycles. The van der Waals surface area contributed by atoms with Gasteiger partial charge in [-0.3, -0.25) is 0 Å². The highest BCUT2D eigenvalue weighted by Crippen LogP contribution is 2.29. The number of para-hydroxylation sites is 2. The summed E-state index contributed by atoms with van der Waals surface area (Å²) in [6.45, 7) is 2.71. The Morgan fingerprint density at radius 2 is 2.00 bits per heavy atom. The molecule has 2 aromatic carbocycles. The highest BCUT2D eigenvalue weighted by molar-refractivity contribution is 5.78. The van der Waals surface area contributed by atoms with E-state index in [9.17, 15) is 0 Å². The number of aromatic nitrogens is 3. The summed E-state index contributed by atoms with van der Waals surface area (Å²) in [6.07, 6.45) is 0.940. The second-order valence-electron chi connectivity index (χ2n) is 4.53. The van der Waals surface area contributed by atoms with Crippen molar-refractivity contribution >= 4 is 16.7 Å². The van der Waals surface area contributed by atoms with Crippen LogP contribution in [0.1, 0.15) is 13.3 Å². The summed E-state index contributed by atoms with van der Waals surface area (Å²) in [4.78, 5) is 0. The van der Waals surface area contributed by atoms with E-state index in [-0.39, 0.29) is 0 Å². The van der Waals surface area contributed by atoms with Gasteiger partial charge in [0.2, 0.25) is 0 Å². The summed E-state index contributed by atoms with van der Waals surface area (Å²) >= 11 is 0. The van der Waals surface area contributed by atoms with Gasteiger partial charge in [0.15, 0.2) is 0 Å². The molecule has 0 aliphatic carbocycles. The van der Waals surface area contributed by atoms with Crippen LogP contribution in [0.15, 0.2) is 42.5 Å². The molecular weight excluding hydrogens is 252 g/mol. The number of hydrogen-bond donors (Lipinski definition) is 1. The Kier molecular flexibility index (Phi) is 3.25. The van der Waals surface area contributed by atoms with Crippen LogP contribution in [0, 0.1) is 0 Å². The van der Waals surface area contributed by atoms with Gasteiger partial charge >= 0.3 is 0 Å². The lowest BCUT2D eigenvalue weighted by molar-refractivity contribution is 0.319. The Labute approximate surface area is 117 Å². The fourth-order valence-electron chi connectivity index (χ4n) is 2.10. The lowest BCUT2D eigenvalue weighted by Crippen LogP contribution is -2.05. The minimum Gasteiger partial charge on any atom is -0.491 e. The molecule has 1 aromatic heterocycles. The number of ether oxygens (including phenoxy) is 1. The summed E-state index contributed by atoms with van der Waals surface area (Å²) < 4.78 is 7.39. The monoisotopic (exact) mass is 268 g/mol. The van der Waals surface area contributed by atoms with Gasteiger partial charge in [0.1, 0.15) is 17.0 Å². The summed E-state index contributed by atoms with van der Waals surface area (Å²) in [6, 6.07) is 13.5. The van der Waals surface area contributed by atoms with Crippen molar-refractivity contribution < 1.29 is 4.74 Å². The van der Waals surface area contributed by atoms with Gasteiger partial charge in [0.05, 0.1) is 17.8 Å². The molecule has 0 spiro atoms. The van der Waals surface area contributed by atoms with E-state index in [1.807, 2.05) is 42.5 Å². The minimum absolute atomic E-state index is 0.580. The first kappa shape index (κ1) is 12.5. The van der Waals surface area contributed by atoms with Crippen LogP contribution in [0.2, 0.25) is 0 Å². The lowest BCUT2D eigenvalue weighted by atomic mass is 10.2. The molecule has 0 bridgehead atoms. The van der Waals surface area contributed by atoms with Crippen LogP contribution >= 0.6 is 0 Å². The van der Waals surface area contributed by atoms with Crippen molar-refractivity contribution in [3.05, 3.63) is 42.5 Å². The average Bonchev–Trinajstić information content (AvgIpc) is 2.90. The number of fused-ring (bicyclic) bond motifs is 1. The molecule has 0 amide bonds. The van der Waals surface area contributed by atoms with Crippen LogP contribution in [0.5, 0.6) is 5.75 Å². The first-order chi connectivity index (χ1) is 9.81. The Hall–Kier alpha value is -2.56. The van der Waals surface area contributed by atoms with E-state index < -0.39 is 0 Å². The van der Waals surface area contributed by atoms with Crippen molar-refractivity contribution in [2.24, 2.45) is 0 Å². The number of anilines is 1. The maximum atomic E-state index is 6.19. The first-order valence-electron chi connectivity index (χ1n) is 6.63. The highest BCUT2D eigenvalue weighted by Gasteiger charge is 2.11. The molecule has 3 rings (SSSR count). The Balaban J connectivity index is 2.10. The number of nitrogens with zero attached hydrogens (tertiary/aromatic N) is 3. The fraction of sp³-hybridized carbons (Fsp3) is 0.200. The Morgan fingerprint density at radius 1 is 1.15 bits per heavy atom. The number of nitrogen functional groups attached to an aromatic ring is 1. The van der Waals surface area contributed by atoms with Gasteiger partial charge in [-0.1, -0.05) is 30.3 Å². The smallest absolute Gasteiger partial charge is 0.144 e. The van der Waals surface area contributed by atoms with Crippen LogP contribution in [-0.4, -0.2) is 21.6 Å². The molecule has 2 N–H and O–H groups in total. The first-order valence-corrected chi connectivity index (χ1v) is 6.63. The molecule has 20 heavy (non-hydrogen) atoms. The largest absolute Gasteiger partial charge is 0.491 e. The molecule has 1 heterocycles. The molecule has 0 radical (unpaired) electrons. The van der Waals surface area contributed by atoms with Crippen molar-refractivity contribution in [3.63, 3.8) is 0 Å². The van der Waals surface area contributed by atoms with E-state index in [0.29, 0.717) is 18.0 Å². The van der Waals surface area contributed by atoms with Gasteiger partial charge in [0, 0.05) is 0 Å². The molecular formula is C15H16N4O. The number of hydrogen-bond acceptors (Lipinski definition) is 4. The molecule has 0 atom stereocenters. The highest BCUT2D eigenvalue weighted by atomic mass is 16.5. The van der Waals surface area contributed by atoms with Crippen molar-refractivity contribution in [1.82, 2.24) is 15.0 Å². The van der Waals surface area contributed by atoms with Crippen molar-refractivity contribution in [2.45, 2.75) is 13.3 Å². The van der Waals surface area contributed by atoms with Crippen LogP contribution in [-0.2, 0) is 0 Å². The third-order valence-electron chi connectivity index (χ3n) is 3.08. The maximum Gasteiger partial charge on any atom is 0.144 e. The quantitative estimate of drug-likeness (QED) is 0.739. The minimum atomic E-state index is 0.580. The SMILES string of the molecule is CCCOc1cccc(-n2nnc3ccccc32)c1N. The van der Waals surface area contributed by atoms with Crippen molar-refractivity contribution in [1.29, 1.82) is 0 Å². The van der Waals surface area contributed by atoms with E-state index in [0.717, 1.165) is 23.1 Å². The molecule has 5 nitrogen and oxygen atoms in total. The van der Waals surface area contributed by atoms with Crippen LogP contribution in [0.4, 0.5) is 5.69 Å². The second kappa shape index (κ2) is 5.21. The zero-order valence-electron chi connectivity index (χ0n) is 11.3. The third kappa shape index (κ3) is 2.07. The van der Waals surface area contributed by atoms with Gasteiger partial charge in [-0.2, -0.15) is 0 Å². The Bertz CT molecular complexity index is 736. The summed E-state index contributed by atoms with van der Waals surface area (Å²) in [7, 11) is 0. The normalized spacial score (nSPS) is 10.8. The standard InChI is InChI=1S/C15H16N4O/c1-2-10-20-14-9-5-8-13(15(14)16)19-12-7-4-3-6-11(12)17-18-19/h3-9H,2,10,16H2,1H3. The van der Waals surface area contributed by atoms with E-state index in [4.69, 9.17) is 10.5 Å². The van der Waals surface area contributed by atoms with Crippen LogP contribution in [0.3, 0.4) is 0 Å². The van der Waals surface area contributed by atoms with E-state index in [2.05, 4.69) is 17.2 Å². The second-order valence-corrected chi connectivity index (χ2v) is 4.53. The van der Waals surface area contributed by atoms with Crippen molar-refractivity contribution in [2.75, 3.05) is 12.3 Å². The van der Waals surface area contributed by atoms with Crippen molar-refractivity contribution in [3.8, 4) is 11.4 Å². The van der Waals surface area contributed by atoms with Gasteiger partial charge in [-0.25, -0.2) is 4.68 Å². The topological polar surface area (TPSA) is 66.0 Å². The number of nitrogens with two attached hydrogens (primary N) is 1. The molecule has 0 saturated carbocycles. The molecule has 102 valence electrons. The zero-order chi connectivity index (χ0) is 13.9. The van der Waals surface area contributed by atoms with Gasteiger partial charge in [-0.15, -0.1) is 5.10 Å². The molecule has 0 saturated heterocycles. The number of rotatable bonds is 4. The molecule has 0 aliphatic rings.